The van der Waals surface area contributed by atoms with Crippen LogP contribution in [0.25, 0.3) is 4.96 Å². The van der Waals surface area contributed by atoms with Gasteiger partial charge in [0.2, 0.25) is 10.1 Å². The van der Waals surface area contributed by atoms with E-state index >= 15 is 0 Å². The summed E-state index contributed by atoms with van der Waals surface area (Å²) in [6.45, 7) is 5.87. The van der Waals surface area contributed by atoms with Crippen molar-refractivity contribution in [2.24, 2.45) is 5.92 Å². The van der Waals surface area contributed by atoms with Crippen LogP contribution in [0, 0.1) is 12.8 Å². The number of hydrogen-bond donors (Lipinski definition) is 0. The van der Waals surface area contributed by atoms with Crippen molar-refractivity contribution in [2.45, 2.75) is 26.7 Å². The van der Waals surface area contributed by atoms with Crippen molar-refractivity contribution in [3.8, 4) is 0 Å². The monoisotopic (exact) mass is 294 g/mol. The standard InChI is InChI=1S/C13H18N4O2S/c1-3-19-11(18)10-5-4-6-16(8-10)13-15-17-7-9(2)14-12(17)20-13/h7,10H,3-6,8H2,1-2H3. The SMILES string of the molecule is CCOC(=O)C1CCCN(c2nn3cc(C)nc3s2)C1. The van der Waals surface area contributed by atoms with Crippen molar-refractivity contribution in [2.75, 3.05) is 24.6 Å². The van der Waals surface area contributed by atoms with Crippen LogP contribution in [0.4, 0.5) is 5.13 Å². The molecule has 1 aliphatic heterocycles. The molecule has 1 atom stereocenters. The van der Waals surface area contributed by atoms with Gasteiger partial charge in [-0.05, 0) is 26.7 Å². The van der Waals surface area contributed by atoms with E-state index in [1.54, 1.807) is 11.3 Å². The molecule has 7 heteroatoms. The molecule has 1 unspecified atom stereocenters. The summed E-state index contributed by atoms with van der Waals surface area (Å²) in [7, 11) is 0. The minimum Gasteiger partial charge on any atom is -0.466 e. The van der Waals surface area contributed by atoms with Gasteiger partial charge in [0, 0.05) is 13.1 Å². The molecular weight excluding hydrogens is 276 g/mol. The van der Waals surface area contributed by atoms with Crippen LogP contribution in [0.15, 0.2) is 6.20 Å². The highest BCUT2D eigenvalue weighted by molar-refractivity contribution is 7.20. The van der Waals surface area contributed by atoms with Crippen LogP contribution < -0.4 is 4.90 Å². The number of anilines is 1. The summed E-state index contributed by atoms with van der Waals surface area (Å²) in [6.07, 6.45) is 3.81. The molecule has 3 heterocycles. The number of aromatic nitrogens is 3. The lowest BCUT2D eigenvalue weighted by Crippen LogP contribution is -2.39. The van der Waals surface area contributed by atoms with E-state index in [1.165, 1.54) is 0 Å². The molecule has 1 saturated heterocycles. The number of hydrogen-bond acceptors (Lipinski definition) is 6. The zero-order valence-corrected chi connectivity index (χ0v) is 12.5. The molecule has 0 aromatic carbocycles. The fraction of sp³-hybridized carbons (Fsp3) is 0.615. The first-order chi connectivity index (χ1) is 9.67. The van der Waals surface area contributed by atoms with Crippen molar-refractivity contribution in [3.63, 3.8) is 0 Å². The second-order valence-electron chi connectivity index (χ2n) is 5.03. The van der Waals surface area contributed by atoms with Gasteiger partial charge < -0.3 is 9.64 Å². The van der Waals surface area contributed by atoms with Crippen molar-refractivity contribution >= 4 is 27.4 Å². The summed E-state index contributed by atoms with van der Waals surface area (Å²) >= 11 is 1.57. The van der Waals surface area contributed by atoms with Crippen LogP contribution in [0.1, 0.15) is 25.5 Å². The van der Waals surface area contributed by atoms with E-state index in [2.05, 4.69) is 15.0 Å². The van der Waals surface area contributed by atoms with E-state index in [1.807, 2.05) is 24.6 Å². The Kier molecular flexibility index (Phi) is 3.60. The summed E-state index contributed by atoms with van der Waals surface area (Å²) in [5, 5.41) is 5.48. The number of fused-ring (bicyclic) bond motifs is 1. The van der Waals surface area contributed by atoms with Gasteiger partial charge in [-0.2, -0.15) is 0 Å². The Balaban J connectivity index is 1.75. The molecule has 0 amide bonds. The third-order valence-corrected chi connectivity index (χ3v) is 4.45. The molecule has 1 aliphatic rings. The maximum absolute atomic E-state index is 11.9. The summed E-state index contributed by atoms with van der Waals surface area (Å²) in [5.74, 6) is -0.129. The van der Waals surface area contributed by atoms with Gasteiger partial charge in [-0.25, -0.2) is 9.50 Å². The first kappa shape index (κ1) is 13.4. The largest absolute Gasteiger partial charge is 0.466 e. The summed E-state index contributed by atoms with van der Waals surface area (Å²) in [6, 6.07) is 0. The number of piperidine rings is 1. The topological polar surface area (TPSA) is 59.7 Å². The van der Waals surface area contributed by atoms with Crippen LogP contribution in [0.2, 0.25) is 0 Å². The van der Waals surface area contributed by atoms with E-state index in [-0.39, 0.29) is 11.9 Å². The molecule has 3 rings (SSSR count). The second-order valence-corrected chi connectivity index (χ2v) is 5.97. The predicted octanol–water partition coefficient (Wildman–Crippen LogP) is 1.88. The molecule has 0 radical (unpaired) electrons. The fourth-order valence-electron chi connectivity index (χ4n) is 2.53. The third kappa shape index (κ3) is 2.49. The number of rotatable bonds is 3. The van der Waals surface area contributed by atoms with Gasteiger partial charge >= 0.3 is 5.97 Å². The zero-order valence-electron chi connectivity index (χ0n) is 11.7. The molecular formula is C13H18N4O2S. The maximum atomic E-state index is 11.9. The van der Waals surface area contributed by atoms with Gasteiger partial charge in [-0.3, -0.25) is 4.79 Å². The molecule has 2 aromatic rings. The number of carbonyl (C=O) groups excluding carboxylic acids is 1. The van der Waals surface area contributed by atoms with E-state index in [4.69, 9.17) is 4.74 Å². The van der Waals surface area contributed by atoms with Crippen LogP contribution in [-0.4, -0.2) is 40.3 Å². The van der Waals surface area contributed by atoms with E-state index < -0.39 is 0 Å². The number of ether oxygens (including phenoxy) is 1. The summed E-state index contributed by atoms with van der Waals surface area (Å²) < 4.78 is 6.93. The molecule has 0 aliphatic carbocycles. The van der Waals surface area contributed by atoms with Crippen molar-refractivity contribution in [1.29, 1.82) is 0 Å². The smallest absolute Gasteiger partial charge is 0.310 e. The highest BCUT2D eigenvalue weighted by Crippen LogP contribution is 2.28. The van der Waals surface area contributed by atoms with Crippen LogP contribution >= 0.6 is 11.3 Å². The number of nitrogens with zero attached hydrogens (tertiary/aromatic N) is 4. The average molecular weight is 294 g/mol. The Hall–Kier alpha value is -1.63. The van der Waals surface area contributed by atoms with Crippen LogP contribution in [0.5, 0.6) is 0 Å². The van der Waals surface area contributed by atoms with Gasteiger partial charge in [0.05, 0.1) is 24.4 Å². The van der Waals surface area contributed by atoms with Gasteiger partial charge in [-0.15, -0.1) is 5.10 Å². The number of carbonyl (C=O) groups is 1. The molecule has 0 saturated carbocycles. The highest BCUT2D eigenvalue weighted by atomic mass is 32.1. The Labute approximate surface area is 121 Å². The summed E-state index contributed by atoms with van der Waals surface area (Å²) in [5.41, 5.74) is 0.971. The second kappa shape index (κ2) is 5.40. The lowest BCUT2D eigenvalue weighted by molar-refractivity contribution is -0.148. The van der Waals surface area contributed by atoms with Crippen molar-refractivity contribution < 1.29 is 9.53 Å². The first-order valence-electron chi connectivity index (χ1n) is 6.91. The average Bonchev–Trinajstić information content (AvgIpc) is 2.96. The van der Waals surface area contributed by atoms with Gasteiger partial charge in [0.25, 0.3) is 0 Å². The molecule has 0 bridgehead atoms. The number of aryl methyl sites for hydroxylation is 1. The summed E-state index contributed by atoms with van der Waals surface area (Å²) in [4.78, 5) is 19.3. The Morgan fingerprint density at radius 1 is 1.60 bits per heavy atom. The third-order valence-electron chi connectivity index (χ3n) is 3.46. The van der Waals surface area contributed by atoms with Gasteiger partial charge in [0.1, 0.15) is 0 Å². The molecule has 6 nitrogen and oxygen atoms in total. The molecule has 2 aromatic heterocycles. The van der Waals surface area contributed by atoms with E-state index in [9.17, 15) is 4.79 Å². The number of esters is 1. The molecule has 20 heavy (non-hydrogen) atoms. The Morgan fingerprint density at radius 2 is 2.45 bits per heavy atom. The van der Waals surface area contributed by atoms with Crippen LogP contribution in [0.3, 0.4) is 0 Å². The quantitative estimate of drug-likeness (QED) is 0.809. The van der Waals surface area contributed by atoms with E-state index in [0.717, 1.165) is 35.2 Å². The zero-order chi connectivity index (χ0) is 14.1. The lowest BCUT2D eigenvalue weighted by atomic mass is 9.99. The lowest BCUT2D eigenvalue weighted by Gasteiger charge is -2.30. The molecule has 0 N–H and O–H groups in total. The van der Waals surface area contributed by atoms with Crippen molar-refractivity contribution in [1.82, 2.24) is 14.6 Å². The van der Waals surface area contributed by atoms with Crippen molar-refractivity contribution in [3.05, 3.63) is 11.9 Å². The molecule has 0 spiro atoms. The molecule has 108 valence electrons. The van der Waals surface area contributed by atoms with Crippen LogP contribution in [-0.2, 0) is 9.53 Å². The van der Waals surface area contributed by atoms with Gasteiger partial charge in [0.15, 0.2) is 0 Å². The Bertz CT molecular complexity index is 589. The normalized spacial score (nSPS) is 19.5. The fourth-order valence-corrected chi connectivity index (χ4v) is 3.49. The van der Waals surface area contributed by atoms with Gasteiger partial charge in [-0.1, -0.05) is 11.3 Å². The minimum atomic E-state index is -0.0885. The molecule has 1 fully saturated rings. The minimum absolute atomic E-state index is 0.0401. The number of imidazole rings is 1. The highest BCUT2D eigenvalue weighted by Gasteiger charge is 2.28. The predicted molar refractivity (Wildman–Crippen MR) is 77.2 cm³/mol. The Morgan fingerprint density at radius 3 is 3.20 bits per heavy atom. The first-order valence-corrected chi connectivity index (χ1v) is 7.73. The van der Waals surface area contributed by atoms with E-state index in [0.29, 0.717) is 13.2 Å². The maximum Gasteiger partial charge on any atom is 0.310 e.